The highest BCUT2D eigenvalue weighted by atomic mass is 32.2. The van der Waals surface area contributed by atoms with E-state index >= 15 is 0 Å². The van der Waals surface area contributed by atoms with Gasteiger partial charge in [-0.1, -0.05) is 25.6 Å². The topological polar surface area (TPSA) is 85.3 Å². The van der Waals surface area contributed by atoms with Gasteiger partial charge >= 0.3 is 0 Å². The number of carbonyl (C=O) groups excluding carboxylic acids is 1. The SMILES string of the molecule is CCC(CC)C(=O)N=C1SC2CS(=O)(=O)CC2N1c1cc(OC)ccc1OC. The number of hydrogen-bond acceptors (Lipinski definition) is 6. The Balaban J connectivity index is 2.08. The third kappa shape index (κ3) is 4.00. The van der Waals surface area contributed by atoms with E-state index < -0.39 is 9.84 Å². The lowest BCUT2D eigenvalue weighted by Gasteiger charge is -2.26. The molecule has 2 aliphatic rings. The molecule has 0 N–H and O–H groups in total. The number of anilines is 1. The van der Waals surface area contributed by atoms with Crippen LogP contribution in [0, 0.1) is 5.92 Å². The summed E-state index contributed by atoms with van der Waals surface area (Å²) < 4.78 is 35.3. The number of ether oxygens (including phenoxy) is 2. The predicted molar refractivity (Wildman–Crippen MR) is 112 cm³/mol. The first-order chi connectivity index (χ1) is 13.3. The molecule has 0 bridgehead atoms. The molecule has 1 aromatic rings. The number of carbonyl (C=O) groups is 1. The molecule has 0 radical (unpaired) electrons. The average Bonchev–Trinajstić information content (AvgIpc) is 3.12. The van der Waals surface area contributed by atoms with Crippen LogP contribution in [0.4, 0.5) is 5.69 Å². The monoisotopic (exact) mass is 426 g/mol. The second-order valence-corrected chi connectivity index (χ2v) is 10.3. The van der Waals surface area contributed by atoms with Gasteiger partial charge in [0.1, 0.15) is 11.5 Å². The van der Waals surface area contributed by atoms with Crippen LogP contribution in [-0.4, -0.2) is 56.5 Å². The molecular weight excluding hydrogens is 400 g/mol. The molecule has 2 fully saturated rings. The van der Waals surface area contributed by atoms with Crippen molar-refractivity contribution in [3.05, 3.63) is 18.2 Å². The van der Waals surface area contributed by atoms with Crippen molar-refractivity contribution in [3.63, 3.8) is 0 Å². The van der Waals surface area contributed by atoms with Gasteiger partial charge < -0.3 is 14.4 Å². The number of hydrogen-bond donors (Lipinski definition) is 0. The van der Waals surface area contributed by atoms with Crippen LogP contribution in [0.5, 0.6) is 11.5 Å². The molecule has 28 heavy (non-hydrogen) atoms. The summed E-state index contributed by atoms with van der Waals surface area (Å²) in [5.74, 6) is 1.02. The van der Waals surface area contributed by atoms with Gasteiger partial charge in [0.05, 0.1) is 37.5 Å². The Kier molecular flexibility index (Phi) is 6.24. The number of amides is 1. The highest BCUT2D eigenvalue weighted by Gasteiger charge is 2.50. The van der Waals surface area contributed by atoms with Crippen molar-refractivity contribution in [1.82, 2.24) is 0 Å². The summed E-state index contributed by atoms with van der Waals surface area (Å²) in [6, 6.07) is 5.06. The molecule has 0 saturated carbocycles. The molecular formula is C19H26N2O5S2. The van der Waals surface area contributed by atoms with E-state index in [1.807, 2.05) is 18.7 Å². The van der Waals surface area contributed by atoms with Gasteiger partial charge in [0, 0.05) is 17.2 Å². The lowest BCUT2D eigenvalue weighted by molar-refractivity contribution is -0.121. The number of benzene rings is 1. The number of aliphatic imine (C=N–C) groups is 1. The molecule has 0 aromatic heterocycles. The second-order valence-electron chi connectivity index (χ2n) is 6.95. The van der Waals surface area contributed by atoms with Crippen LogP contribution < -0.4 is 14.4 Å². The first-order valence-electron chi connectivity index (χ1n) is 9.34. The summed E-state index contributed by atoms with van der Waals surface area (Å²) in [5.41, 5.74) is 0.662. The van der Waals surface area contributed by atoms with Gasteiger partial charge in [-0.2, -0.15) is 4.99 Å². The molecule has 7 nitrogen and oxygen atoms in total. The van der Waals surface area contributed by atoms with Crippen molar-refractivity contribution in [2.75, 3.05) is 30.6 Å². The Bertz CT molecular complexity index is 880. The number of amidine groups is 1. The second kappa shape index (κ2) is 8.32. The average molecular weight is 427 g/mol. The molecule has 1 amide bonds. The van der Waals surface area contributed by atoms with Gasteiger partial charge in [0.2, 0.25) is 0 Å². The Morgan fingerprint density at radius 2 is 1.96 bits per heavy atom. The van der Waals surface area contributed by atoms with Gasteiger partial charge in [-0.3, -0.25) is 4.79 Å². The summed E-state index contributed by atoms with van der Waals surface area (Å²) in [4.78, 5) is 18.9. The fraction of sp³-hybridized carbons (Fsp3) is 0.579. The first-order valence-corrected chi connectivity index (χ1v) is 12.0. The molecule has 0 aliphatic carbocycles. The number of thioether (sulfide) groups is 1. The maximum absolute atomic E-state index is 12.7. The van der Waals surface area contributed by atoms with Gasteiger partial charge in [-0.25, -0.2) is 8.42 Å². The number of fused-ring (bicyclic) bond motifs is 1. The summed E-state index contributed by atoms with van der Waals surface area (Å²) >= 11 is 1.37. The Labute approximate surface area is 170 Å². The zero-order valence-corrected chi connectivity index (χ0v) is 18.2. The molecule has 2 unspecified atom stereocenters. The number of nitrogens with zero attached hydrogens (tertiary/aromatic N) is 2. The van der Waals surface area contributed by atoms with Crippen molar-refractivity contribution >= 4 is 38.4 Å². The molecule has 2 aliphatic heterocycles. The third-order valence-electron chi connectivity index (χ3n) is 5.25. The van der Waals surface area contributed by atoms with Crippen molar-refractivity contribution in [2.45, 2.75) is 38.0 Å². The quantitative estimate of drug-likeness (QED) is 0.691. The number of rotatable bonds is 6. The van der Waals surface area contributed by atoms with Crippen LogP contribution >= 0.6 is 11.8 Å². The van der Waals surface area contributed by atoms with Crippen LogP contribution in [0.25, 0.3) is 0 Å². The molecule has 1 aromatic carbocycles. The fourth-order valence-electron chi connectivity index (χ4n) is 3.65. The van der Waals surface area contributed by atoms with Crippen molar-refractivity contribution in [3.8, 4) is 11.5 Å². The molecule has 9 heteroatoms. The molecule has 2 atom stereocenters. The van der Waals surface area contributed by atoms with Crippen LogP contribution in [0.3, 0.4) is 0 Å². The van der Waals surface area contributed by atoms with E-state index in [4.69, 9.17) is 9.47 Å². The van der Waals surface area contributed by atoms with Gasteiger partial charge in [0.25, 0.3) is 5.91 Å². The van der Waals surface area contributed by atoms with Crippen LogP contribution in [0.15, 0.2) is 23.2 Å². The van der Waals surface area contributed by atoms with E-state index in [0.717, 1.165) is 12.8 Å². The number of methoxy groups -OCH3 is 2. The Morgan fingerprint density at radius 1 is 1.25 bits per heavy atom. The van der Waals surface area contributed by atoms with Gasteiger partial charge in [-0.05, 0) is 25.0 Å². The fourth-order valence-corrected chi connectivity index (χ4v) is 7.57. The van der Waals surface area contributed by atoms with Gasteiger partial charge in [-0.15, -0.1) is 0 Å². The van der Waals surface area contributed by atoms with E-state index in [-0.39, 0.29) is 34.6 Å². The lowest BCUT2D eigenvalue weighted by atomic mass is 10.0. The molecule has 154 valence electrons. The summed E-state index contributed by atoms with van der Waals surface area (Å²) in [5, 5.41) is 0.377. The standard InChI is InChI=1S/C19H26N2O5S2/c1-5-12(6-2)18(22)20-19-21(15-10-28(23,24)11-17(15)27-19)14-9-13(25-3)7-8-16(14)26-4/h7-9,12,15,17H,5-6,10-11H2,1-4H3. The van der Waals surface area contributed by atoms with E-state index in [9.17, 15) is 13.2 Å². The van der Waals surface area contributed by atoms with Crippen molar-refractivity contribution in [2.24, 2.45) is 10.9 Å². The van der Waals surface area contributed by atoms with E-state index in [1.165, 1.54) is 11.8 Å². The zero-order chi connectivity index (χ0) is 20.5. The summed E-state index contributed by atoms with van der Waals surface area (Å²) in [7, 11) is -0.00640. The van der Waals surface area contributed by atoms with Crippen LogP contribution in [0.1, 0.15) is 26.7 Å². The maximum atomic E-state index is 12.7. The number of sulfone groups is 1. The van der Waals surface area contributed by atoms with Crippen molar-refractivity contribution < 1.29 is 22.7 Å². The summed E-state index contributed by atoms with van der Waals surface area (Å²) in [6.45, 7) is 3.94. The van der Waals surface area contributed by atoms with E-state index in [0.29, 0.717) is 22.4 Å². The van der Waals surface area contributed by atoms with E-state index in [2.05, 4.69) is 4.99 Å². The Hall–Kier alpha value is -1.74. The molecule has 2 saturated heterocycles. The van der Waals surface area contributed by atoms with Gasteiger partial charge in [0.15, 0.2) is 15.0 Å². The minimum atomic E-state index is -3.13. The first kappa shape index (κ1) is 21.0. The molecule has 2 heterocycles. The molecule has 0 spiro atoms. The summed E-state index contributed by atoms with van der Waals surface area (Å²) in [6.07, 6.45) is 1.45. The van der Waals surface area contributed by atoms with Crippen LogP contribution in [0.2, 0.25) is 0 Å². The zero-order valence-electron chi connectivity index (χ0n) is 16.5. The predicted octanol–water partition coefficient (Wildman–Crippen LogP) is 2.74. The van der Waals surface area contributed by atoms with Crippen molar-refractivity contribution in [1.29, 1.82) is 0 Å². The largest absolute Gasteiger partial charge is 0.497 e. The lowest BCUT2D eigenvalue weighted by Crippen LogP contribution is -2.38. The third-order valence-corrected chi connectivity index (χ3v) is 8.46. The minimum Gasteiger partial charge on any atom is -0.497 e. The normalized spacial score (nSPS) is 24.6. The smallest absolute Gasteiger partial charge is 0.251 e. The maximum Gasteiger partial charge on any atom is 0.251 e. The molecule has 3 rings (SSSR count). The highest BCUT2D eigenvalue weighted by Crippen LogP contribution is 2.45. The van der Waals surface area contributed by atoms with E-state index in [1.54, 1.807) is 32.4 Å². The Morgan fingerprint density at radius 3 is 2.57 bits per heavy atom. The van der Waals surface area contributed by atoms with Crippen LogP contribution in [-0.2, 0) is 14.6 Å². The highest BCUT2D eigenvalue weighted by molar-refractivity contribution is 8.16. The minimum absolute atomic E-state index is 0.0310.